The molecule has 1 aliphatic carbocycles. The molecule has 1 aliphatic heterocycles. The zero-order chi connectivity index (χ0) is 14.8. The van der Waals surface area contributed by atoms with E-state index in [1.54, 1.807) is 0 Å². The molecule has 114 valence electrons. The van der Waals surface area contributed by atoms with Crippen LogP contribution >= 0.6 is 0 Å². The first kappa shape index (κ1) is 15.8. The Labute approximate surface area is 125 Å². The molecular weight excluding hydrogens is 244 g/mol. The molecule has 0 aromatic rings. The van der Waals surface area contributed by atoms with E-state index in [0.29, 0.717) is 11.5 Å². The van der Waals surface area contributed by atoms with Crippen LogP contribution in [0, 0.1) is 28.6 Å². The molecule has 0 spiro atoms. The minimum absolute atomic E-state index is 0.265. The van der Waals surface area contributed by atoms with E-state index in [-0.39, 0.29) is 5.92 Å². The largest absolute Gasteiger partial charge is 0.296 e. The highest BCUT2D eigenvalue weighted by molar-refractivity contribution is 5.01. The van der Waals surface area contributed by atoms with E-state index in [2.05, 4.69) is 38.7 Å². The van der Waals surface area contributed by atoms with Crippen LogP contribution in [0.3, 0.4) is 0 Å². The summed E-state index contributed by atoms with van der Waals surface area (Å²) in [5, 5.41) is 9.56. The van der Waals surface area contributed by atoms with Gasteiger partial charge >= 0.3 is 0 Å². The summed E-state index contributed by atoms with van der Waals surface area (Å²) in [7, 11) is 0. The van der Waals surface area contributed by atoms with Crippen molar-refractivity contribution in [3.63, 3.8) is 0 Å². The van der Waals surface area contributed by atoms with Gasteiger partial charge in [-0.1, -0.05) is 34.1 Å². The number of likely N-dealkylation sites (tertiary alicyclic amines) is 1. The summed E-state index contributed by atoms with van der Waals surface area (Å²) in [6, 6.07) is 3.87. The molecule has 0 amide bonds. The minimum Gasteiger partial charge on any atom is -0.296 e. The van der Waals surface area contributed by atoms with Crippen molar-refractivity contribution in [2.24, 2.45) is 17.3 Å². The van der Waals surface area contributed by atoms with Crippen molar-refractivity contribution in [1.29, 1.82) is 5.26 Å². The van der Waals surface area contributed by atoms with Crippen molar-refractivity contribution >= 4 is 0 Å². The lowest BCUT2D eigenvalue weighted by molar-refractivity contribution is 0.0155. The van der Waals surface area contributed by atoms with Crippen molar-refractivity contribution < 1.29 is 0 Å². The lowest BCUT2D eigenvalue weighted by Gasteiger charge is -2.48. The van der Waals surface area contributed by atoms with E-state index < -0.39 is 0 Å². The molecule has 0 aromatic heterocycles. The van der Waals surface area contributed by atoms with Crippen LogP contribution in [-0.4, -0.2) is 23.5 Å². The number of hydrogen-bond donors (Lipinski definition) is 0. The average Bonchev–Trinajstić information content (AvgIpc) is 2.45. The van der Waals surface area contributed by atoms with Gasteiger partial charge in [-0.3, -0.25) is 4.90 Å². The van der Waals surface area contributed by atoms with Crippen molar-refractivity contribution in [2.45, 2.75) is 84.7 Å². The van der Waals surface area contributed by atoms with Crippen LogP contribution in [0.5, 0.6) is 0 Å². The highest BCUT2D eigenvalue weighted by Gasteiger charge is 2.40. The van der Waals surface area contributed by atoms with Crippen LogP contribution < -0.4 is 0 Å². The zero-order valence-corrected chi connectivity index (χ0v) is 13.9. The Morgan fingerprint density at radius 3 is 2.50 bits per heavy atom. The molecule has 4 atom stereocenters. The zero-order valence-electron chi connectivity index (χ0n) is 13.9. The summed E-state index contributed by atoms with van der Waals surface area (Å²) in [5.41, 5.74) is 0.385. The van der Waals surface area contributed by atoms with Gasteiger partial charge in [0.2, 0.25) is 0 Å². The summed E-state index contributed by atoms with van der Waals surface area (Å²) in [6.07, 6.45) is 8.87. The molecule has 2 rings (SSSR count). The fraction of sp³-hybridized carbons (Fsp3) is 0.944. The maximum atomic E-state index is 9.56. The standard InChI is InChI=1S/C18H32N2/c1-5-16-8-6-7-11-20(16)17-12-15(18(2,3)4)10-9-14(17)13-19/h14-17H,5-12H2,1-4H3. The molecule has 2 nitrogen and oxygen atoms in total. The second-order valence-electron chi connectivity index (χ2n) is 7.97. The summed E-state index contributed by atoms with van der Waals surface area (Å²) in [6.45, 7) is 10.6. The highest BCUT2D eigenvalue weighted by Crippen LogP contribution is 2.42. The van der Waals surface area contributed by atoms with Crippen LogP contribution in [0.2, 0.25) is 0 Å². The summed E-state index contributed by atoms with van der Waals surface area (Å²) >= 11 is 0. The molecule has 20 heavy (non-hydrogen) atoms. The Morgan fingerprint density at radius 1 is 1.15 bits per heavy atom. The molecule has 1 saturated heterocycles. The van der Waals surface area contributed by atoms with Crippen molar-refractivity contribution in [3.8, 4) is 6.07 Å². The monoisotopic (exact) mass is 276 g/mol. The van der Waals surface area contributed by atoms with Gasteiger partial charge < -0.3 is 0 Å². The number of piperidine rings is 1. The molecule has 1 heterocycles. The maximum Gasteiger partial charge on any atom is 0.0672 e. The summed E-state index contributed by atoms with van der Waals surface area (Å²) in [5.74, 6) is 1.04. The molecule has 2 aliphatic rings. The van der Waals surface area contributed by atoms with Gasteiger partial charge in [0.15, 0.2) is 0 Å². The number of nitrogens with zero attached hydrogens (tertiary/aromatic N) is 2. The first-order valence-electron chi connectivity index (χ1n) is 8.62. The van der Waals surface area contributed by atoms with E-state index in [1.165, 1.54) is 45.1 Å². The Balaban J connectivity index is 2.14. The molecule has 0 N–H and O–H groups in total. The Morgan fingerprint density at radius 2 is 1.90 bits per heavy atom. The quantitative estimate of drug-likeness (QED) is 0.736. The van der Waals surface area contributed by atoms with Crippen LogP contribution in [0.4, 0.5) is 0 Å². The molecule has 0 radical (unpaired) electrons. The third-order valence-corrected chi connectivity index (χ3v) is 5.78. The molecule has 2 heteroatoms. The Bertz CT molecular complexity index is 349. The third kappa shape index (κ3) is 3.37. The van der Waals surface area contributed by atoms with Crippen LogP contribution in [-0.2, 0) is 0 Å². The van der Waals surface area contributed by atoms with E-state index in [1.807, 2.05) is 0 Å². The molecular formula is C18H32N2. The van der Waals surface area contributed by atoms with E-state index in [4.69, 9.17) is 0 Å². The molecule has 2 fully saturated rings. The van der Waals surface area contributed by atoms with Crippen molar-refractivity contribution in [1.82, 2.24) is 4.90 Å². The van der Waals surface area contributed by atoms with Gasteiger partial charge in [0.25, 0.3) is 0 Å². The SMILES string of the molecule is CCC1CCCCN1C1CC(C(C)(C)C)CCC1C#N. The van der Waals surface area contributed by atoms with Crippen LogP contribution in [0.25, 0.3) is 0 Å². The first-order chi connectivity index (χ1) is 9.47. The number of hydrogen-bond acceptors (Lipinski definition) is 2. The Hall–Kier alpha value is -0.550. The summed E-state index contributed by atoms with van der Waals surface area (Å²) < 4.78 is 0. The lowest BCUT2D eigenvalue weighted by atomic mass is 9.67. The Kier molecular flexibility index (Phi) is 5.13. The first-order valence-corrected chi connectivity index (χ1v) is 8.62. The van der Waals surface area contributed by atoms with Gasteiger partial charge in [-0.15, -0.1) is 0 Å². The van der Waals surface area contributed by atoms with Gasteiger partial charge in [-0.25, -0.2) is 0 Å². The second-order valence-corrected chi connectivity index (χ2v) is 7.97. The number of nitriles is 1. The van der Waals surface area contributed by atoms with Gasteiger partial charge in [-0.05, 0) is 56.4 Å². The molecule has 1 saturated carbocycles. The van der Waals surface area contributed by atoms with Gasteiger partial charge in [-0.2, -0.15) is 5.26 Å². The van der Waals surface area contributed by atoms with E-state index >= 15 is 0 Å². The fourth-order valence-electron chi connectivity index (χ4n) is 4.35. The topological polar surface area (TPSA) is 27.0 Å². The van der Waals surface area contributed by atoms with Crippen LogP contribution in [0.15, 0.2) is 0 Å². The third-order valence-electron chi connectivity index (χ3n) is 5.78. The normalized spacial score (nSPS) is 36.5. The minimum atomic E-state index is 0.265. The van der Waals surface area contributed by atoms with Crippen molar-refractivity contribution in [2.75, 3.05) is 6.54 Å². The predicted octanol–water partition coefficient (Wildman–Crippen LogP) is 4.61. The lowest BCUT2D eigenvalue weighted by Crippen LogP contribution is -2.52. The van der Waals surface area contributed by atoms with Crippen LogP contribution in [0.1, 0.15) is 72.6 Å². The average molecular weight is 276 g/mol. The summed E-state index contributed by atoms with van der Waals surface area (Å²) in [4.78, 5) is 2.72. The predicted molar refractivity (Wildman–Crippen MR) is 84.3 cm³/mol. The number of rotatable bonds is 2. The van der Waals surface area contributed by atoms with E-state index in [9.17, 15) is 5.26 Å². The molecule has 4 unspecified atom stereocenters. The maximum absolute atomic E-state index is 9.56. The highest BCUT2D eigenvalue weighted by atomic mass is 15.2. The smallest absolute Gasteiger partial charge is 0.0672 e. The van der Waals surface area contributed by atoms with E-state index in [0.717, 1.165) is 18.4 Å². The van der Waals surface area contributed by atoms with Gasteiger partial charge in [0.1, 0.15) is 0 Å². The van der Waals surface area contributed by atoms with Crippen molar-refractivity contribution in [3.05, 3.63) is 0 Å². The fourth-order valence-corrected chi connectivity index (χ4v) is 4.35. The molecule has 0 bridgehead atoms. The van der Waals surface area contributed by atoms with Gasteiger partial charge in [0.05, 0.1) is 12.0 Å². The second kappa shape index (κ2) is 6.48. The van der Waals surface area contributed by atoms with Gasteiger partial charge in [0, 0.05) is 12.1 Å². The molecule has 0 aromatic carbocycles.